The van der Waals surface area contributed by atoms with Crippen LogP contribution in [0.5, 0.6) is 5.75 Å². The molecule has 3 heteroatoms. The van der Waals surface area contributed by atoms with Crippen LogP contribution in [0.15, 0.2) is 48.7 Å². The molecule has 0 fully saturated rings. The van der Waals surface area contributed by atoms with E-state index in [-0.39, 0.29) is 0 Å². The lowest BCUT2D eigenvalue weighted by atomic mass is 10.2. The van der Waals surface area contributed by atoms with E-state index in [4.69, 9.17) is 4.74 Å². The summed E-state index contributed by atoms with van der Waals surface area (Å²) in [5.74, 6) is 0.907. The van der Waals surface area contributed by atoms with Gasteiger partial charge in [0.25, 0.3) is 0 Å². The normalized spacial score (nSPS) is 10.2. The van der Waals surface area contributed by atoms with Gasteiger partial charge in [-0.15, -0.1) is 0 Å². The Labute approximate surface area is 114 Å². The molecule has 0 aliphatic heterocycles. The lowest BCUT2D eigenvalue weighted by Crippen LogP contribution is -2.18. The van der Waals surface area contributed by atoms with Crippen LogP contribution in [0, 0.1) is 0 Å². The van der Waals surface area contributed by atoms with Crippen molar-refractivity contribution in [3.63, 3.8) is 0 Å². The van der Waals surface area contributed by atoms with E-state index >= 15 is 0 Å². The average molecular weight is 256 g/mol. The van der Waals surface area contributed by atoms with Gasteiger partial charge in [-0.25, -0.2) is 0 Å². The molecule has 0 radical (unpaired) electrons. The SMILES string of the molecule is CCCN(C)c1ccccc1OCc1ccccn1. The smallest absolute Gasteiger partial charge is 0.143 e. The van der Waals surface area contributed by atoms with Crippen molar-refractivity contribution in [2.24, 2.45) is 0 Å². The third kappa shape index (κ3) is 3.71. The lowest BCUT2D eigenvalue weighted by molar-refractivity contribution is 0.302. The average Bonchev–Trinajstić information content (AvgIpc) is 2.47. The van der Waals surface area contributed by atoms with Crippen LogP contribution in [0.3, 0.4) is 0 Å². The van der Waals surface area contributed by atoms with Crippen molar-refractivity contribution in [3.8, 4) is 5.75 Å². The molecular weight excluding hydrogens is 236 g/mol. The number of ether oxygens (including phenoxy) is 1. The Morgan fingerprint density at radius 2 is 1.89 bits per heavy atom. The number of rotatable bonds is 6. The molecule has 100 valence electrons. The molecule has 2 rings (SSSR count). The zero-order chi connectivity index (χ0) is 13.5. The van der Waals surface area contributed by atoms with Crippen molar-refractivity contribution in [1.29, 1.82) is 0 Å². The first kappa shape index (κ1) is 13.4. The first-order chi connectivity index (χ1) is 9.31. The fourth-order valence-corrected chi connectivity index (χ4v) is 1.99. The summed E-state index contributed by atoms with van der Waals surface area (Å²) in [5.41, 5.74) is 2.07. The van der Waals surface area contributed by atoms with Crippen molar-refractivity contribution >= 4 is 5.69 Å². The van der Waals surface area contributed by atoms with Gasteiger partial charge in [0.05, 0.1) is 11.4 Å². The van der Waals surface area contributed by atoms with Crippen LogP contribution in [0.2, 0.25) is 0 Å². The van der Waals surface area contributed by atoms with Crippen molar-refractivity contribution in [1.82, 2.24) is 4.98 Å². The van der Waals surface area contributed by atoms with Crippen molar-refractivity contribution in [3.05, 3.63) is 54.4 Å². The summed E-state index contributed by atoms with van der Waals surface area (Å²) in [6.07, 6.45) is 2.90. The van der Waals surface area contributed by atoms with Gasteiger partial charge in [-0.3, -0.25) is 4.98 Å². The van der Waals surface area contributed by atoms with E-state index in [9.17, 15) is 0 Å². The minimum absolute atomic E-state index is 0.498. The van der Waals surface area contributed by atoms with Crippen LogP contribution in [0.4, 0.5) is 5.69 Å². The molecule has 1 aromatic carbocycles. The summed E-state index contributed by atoms with van der Waals surface area (Å²) in [5, 5.41) is 0. The van der Waals surface area contributed by atoms with Crippen molar-refractivity contribution < 1.29 is 4.74 Å². The molecule has 0 unspecified atom stereocenters. The Balaban J connectivity index is 2.07. The van der Waals surface area contributed by atoms with E-state index < -0.39 is 0 Å². The summed E-state index contributed by atoms with van der Waals surface area (Å²) < 4.78 is 5.89. The maximum atomic E-state index is 5.89. The molecule has 0 saturated heterocycles. The van der Waals surface area contributed by atoms with Crippen LogP contribution >= 0.6 is 0 Å². The maximum Gasteiger partial charge on any atom is 0.143 e. The van der Waals surface area contributed by atoms with E-state index in [0.29, 0.717) is 6.61 Å². The second-order valence-electron chi connectivity index (χ2n) is 4.50. The highest BCUT2D eigenvalue weighted by atomic mass is 16.5. The highest BCUT2D eigenvalue weighted by Gasteiger charge is 2.07. The predicted molar refractivity (Wildman–Crippen MR) is 78.6 cm³/mol. The van der Waals surface area contributed by atoms with Crippen molar-refractivity contribution in [2.45, 2.75) is 20.0 Å². The van der Waals surface area contributed by atoms with Crippen LogP contribution < -0.4 is 9.64 Å². The molecule has 0 aliphatic carbocycles. The molecule has 0 bridgehead atoms. The van der Waals surface area contributed by atoms with Gasteiger partial charge >= 0.3 is 0 Å². The van der Waals surface area contributed by atoms with Crippen LogP contribution in [0.1, 0.15) is 19.0 Å². The van der Waals surface area contributed by atoms with Crippen LogP contribution in [-0.2, 0) is 6.61 Å². The zero-order valence-electron chi connectivity index (χ0n) is 11.5. The van der Waals surface area contributed by atoms with Gasteiger partial charge in [-0.05, 0) is 30.7 Å². The quantitative estimate of drug-likeness (QED) is 0.791. The minimum atomic E-state index is 0.498. The summed E-state index contributed by atoms with van der Waals surface area (Å²) in [6, 6.07) is 14.0. The topological polar surface area (TPSA) is 25.4 Å². The third-order valence-corrected chi connectivity index (χ3v) is 2.94. The molecule has 0 N–H and O–H groups in total. The Hall–Kier alpha value is -2.03. The zero-order valence-corrected chi connectivity index (χ0v) is 11.5. The first-order valence-corrected chi connectivity index (χ1v) is 6.64. The van der Waals surface area contributed by atoms with Gasteiger partial charge in [-0.1, -0.05) is 25.1 Å². The number of hydrogen-bond donors (Lipinski definition) is 0. The molecule has 0 amide bonds. The molecule has 0 saturated carbocycles. The number of benzene rings is 1. The Bertz CT molecular complexity index is 499. The van der Waals surface area contributed by atoms with E-state index in [1.807, 2.05) is 36.4 Å². The number of pyridine rings is 1. The Morgan fingerprint density at radius 3 is 2.63 bits per heavy atom. The Kier molecular flexibility index (Phi) is 4.78. The number of hydrogen-bond acceptors (Lipinski definition) is 3. The van der Waals surface area contributed by atoms with Gasteiger partial charge in [0.2, 0.25) is 0 Å². The lowest BCUT2D eigenvalue weighted by Gasteiger charge is -2.21. The highest BCUT2D eigenvalue weighted by Crippen LogP contribution is 2.27. The van der Waals surface area contributed by atoms with Crippen LogP contribution in [-0.4, -0.2) is 18.6 Å². The summed E-state index contributed by atoms with van der Waals surface area (Å²) >= 11 is 0. The van der Waals surface area contributed by atoms with E-state index in [2.05, 4.69) is 29.9 Å². The van der Waals surface area contributed by atoms with E-state index in [1.54, 1.807) is 6.20 Å². The third-order valence-electron chi connectivity index (χ3n) is 2.94. The standard InChI is InChI=1S/C16H20N2O/c1-3-12-18(2)15-9-4-5-10-16(15)19-13-14-8-6-7-11-17-14/h4-11H,3,12-13H2,1-2H3. The summed E-state index contributed by atoms with van der Waals surface area (Å²) in [7, 11) is 2.09. The van der Waals surface area contributed by atoms with Gasteiger partial charge in [0.15, 0.2) is 0 Å². The number of anilines is 1. The molecule has 0 atom stereocenters. The Morgan fingerprint density at radius 1 is 1.11 bits per heavy atom. The fourth-order valence-electron chi connectivity index (χ4n) is 1.99. The van der Waals surface area contributed by atoms with Gasteiger partial charge in [-0.2, -0.15) is 0 Å². The summed E-state index contributed by atoms with van der Waals surface area (Å²) in [6.45, 7) is 3.69. The van der Waals surface area contributed by atoms with E-state index in [1.165, 1.54) is 0 Å². The molecule has 1 heterocycles. The van der Waals surface area contributed by atoms with Crippen molar-refractivity contribution in [2.75, 3.05) is 18.5 Å². The largest absolute Gasteiger partial charge is 0.485 e. The number of aromatic nitrogens is 1. The highest BCUT2D eigenvalue weighted by molar-refractivity contribution is 5.57. The first-order valence-electron chi connectivity index (χ1n) is 6.64. The fraction of sp³-hybridized carbons (Fsp3) is 0.312. The van der Waals surface area contributed by atoms with Gasteiger partial charge in [0.1, 0.15) is 12.4 Å². The van der Waals surface area contributed by atoms with E-state index in [0.717, 1.165) is 30.1 Å². The molecular formula is C16H20N2O. The molecule has 0 spiro atoms. The predicted octanol–water partition coefficient (Wildman–Crippen LogP) is 3.51. The maximum absolute atomic E-state index is 5.89. The summed E-state index contributed by atoms with van der Waals surface area (Å²) in [4.78, 5) is 6.48. The number of nitrogens with zero attached hydrogens (tertiary/aromatic N) is 2. The second kappa shape index (κ2) is 6.78. The molecule has 0 aliphatic rings. The van der Waals surface area contributed by atoms with Gasteiger partial charge < -0.3 is 9.64 Å². The monoisotopic (exact) mass is 256 g/mol. The number of para-hydroxylation sites is 2. The molecule has 3 nitrogen and oxygen atoms in total. The molecule has 1 aromatic heterocycles. The van der Waals surface area contributed by atoms with Crippen LogP contribution in [0.25, 0.3) is 0 Å². The second-order valence-corrected chi connectivity index (χ2v) is 4.50. The van der Waals surface area contributed by atoms with Gasteiger partial charge in [0, 0.05) is 19.8 Å². The molecule has 19 heavy (non-hydrogen) atoms. The molecule has 2 aromatic rings. The minimum Gasteiger partial charge on any atom is -0.485 e.